The summed E-state index contributed by atoms with van der Waals surface area (Å²) in [5.74, 6) is -0.765. The van der Waals surface area contributed by atoms with Crippen molar-refractivity contribution in [1.82, 2.24) is 4.90 Å². The smallest absolute Gasteiger partial charge is 0.243 e. The van der Waals surface area contributed by atoms with Crippen molar-refractivity contribution < 1.29 is 17.6 Å². The van der Waals surface area contributed by atoms with Crippen LogP contribution in [0.5, 0.6) is 0 Å². The molecule has 0 radical (unpaired) electrons. The Bertz CT molecular complexity index is 663. The molecule has 7 heteroatoms. The van der Waals surface area contributed by atoms with Crippen molar-refractivity contribution in [2.24, 2.45) is 0 Å². The van der Waals surface area contributed by atoms with Gasteiger partial charge < -0.3 is 4.90 Å². The highest BCUT2D eigenvalue weighted by Gasteiger charge is 2.29. The normalized spacial score (nSPS) is 18.7. The van der Waals surface area contributed by atoms with E-state index in [4.69, 9.17) is 0 Å². The minimum atomic E-state index is -3.67. The van der Waals surface area contributed by atoms with Crippen molar-refractivity contribution in [3.63, 3.8) is 0 Å². The van der Waals surface area contributed by atoms with E-state index in [2.05, 4.69) is 0 Å². The number of halogens is 1. The van der Waals surface area contributed by atoms with Gasteiger partial charge in [-0.1, -0.05) is 13.0 Å². The van der Waals surface area contributed by atoms with Crippen LogP contribution in [0.2, 0.25) is 0 Å². The molecule has 1 heterocycles. The van der Waals surface area contributed by atoms with Gasteiger partial charge in [0, 0.05) is 12.6 Å². The maximum Gasteiger partial charge on any atom is 0.243 e. The molecule has 0 spiro atoms. The number of likely N-dealkylation sites (tertiary alicyclic amines) is 1. The Balaban J connectivity index is 2.23. The Morgan fingerprint density at radius 2 is 2.13 bits per heavy atom. The van der Waals surface area contributed by atoms with Crippen molar-refractivity contribution in [3.05, 3.63) is 30.1 Å². The molecule has 2 rings (SSSR count). The molecule has 1 saturated heterocycles. The van der Waals surface area contributed by atoms with E-state index in [1.165, 1.54) is 18.2 Å². The topological polar surface area (TPSA) is 57.7 Å². The number of amides is 1. The number of hydrogen-bond donors (Lipinski definition) is 0. The first-order valence-corrected chi connectivity index (χ1v) is 9.70. The van der Waals surface area contributed by atoms with Crippen molar-refractivity contribution in [3.8, 4) is 0 Å². The van der Waals surface area contributed by atoms with E-state index in [-0.39, 0.29) is 24.2 Å². The molecule has 0 saturated carbocycles. The largest absolute Gasteiger partial charge is 0.338 e. The molecule has 0 aliphatic carbocycles. The van der Waals surface area contributed by atoms with E-state index in [0.29, 0.717) is 6.54 Å². The molecule has 1 amide bonds. The zero-order chi connectivity index (χ0) is 17.0. The number of anilines is 1. The molecule has 1 fully saturated rings. The van der Waals surface area contributed by atoms with Gasteiger partial charge in [-0.15, -0.1) is 0 Å². The van der Waals surface area contributed by atoms with Crippen LogP contribution in [0.1, 0.15) is 32.6 Å². The van der Waals surface area contributed by atoms with E-state index in [1.807, 2.05) is 6.92 Å². The summed E-state index contributed by atoms with van der Waals surface area (Å²) in [7, 11) is -3.67. The zero-order valence-electron chi connectivity index (χ0n) is 13.5. The summed E-state index contributed by atoms with van der Waals surface area (Å²) < 4.78 is 38.5. The van der Waals surface area contributed by atoms with Gasteiger partial charge in [-0.3, -0.25) is 9.10 Å². The van der Waals surface area contributed by atoms with E-state index < -0.39 is 15.8 Å². The second-order valence-electron chi connectivity index (χ2n) is 5.89. The summed E-state index contributed by atoms with van der Waals surface area (Å²) in [5, 5.41) is 0. The maximum atomic E-state index is 13.4. The summed E-state index contributed by atoms with van der Waals surface area (Å²) in [4.78, 5) is 14.4. The Kier molecular flexibility index (Phi) is 5.62. The van der Waals surface area contributed by atoms with Gasteiger partial charge in [0.2, 0.25) is 15.9 Å². The molecule has 23 heavy (non-hydrogen) atoms. The van der Waals surface area contributed by atoms with Crippen LogP contribution in [0.3, 0.4) is 0 Å². The standard InChI is InChI=1S/C16H23FN2O3S/c1-3-14-8-4-5-10-18(14)16(20)12-19(23(2,21)22)15-9-6-7-13(17)11-15/h6-7,9,11,14H,3-5,8,10,12H2,1-2H3. The Hall–Kier alpha value is -1.63. The SMILES string of the molecule is CCC1CCCCN1C(=O)CN(c1cccc(F)c1)S(C)(=O)=O. The van der Waals surface area contributed by atoms with Gasteiger partial charge in [-0.25, -0.2) is 12.8 Å². The molecule has 1 unspecified atom stereocenters. The lowest BCUT2D eigenvalue weighted by Crippen LogP contribution is -2.48. The monoisotopic (exact) mass is 342 g/mol. The molecule has 1 atom stereocenters. The number of rotatable bonds is 5. The molecular formula is C16H23FN2O3S. The predicted molar refractivity (Wildman–Crippen MR) is 88.2 cm³/mol. The van der Waals surface area contributed by atoms with Crippen LogP contribution in [0.4, 0.5) is 10.1 Å². The second kappa shape index (κ2) is 7.29. The first-order chi connectivity index (χ1) is 10.8. The van der Waals surface area contributed by atoms with Crippen molar-refractivity contribution in [1.29, 1.82) is 0 Å². The Morgan fingerprint density at radius 3 is 2.74 bits per heavy atom. The van der Waals surface area contributed by atoms with Gasteiger partial charge in [0.25, 0.3) is 0 Å². The fourth-order valence-corrected chi connectivity index (χ4v) is 3.84. The molecule has 1 aromatic rings. The highest BCUT2D eigenvalue weighted by atomic mass is 32.2. The number of hydrogen-bond acceptors (Lipinski definition) is 3. The van der Waals surface area contributed by atoms with E-state index in [9.17, 15) is 17.6 Å². The Morgan fingerprint density at radius 1 is 1.39 bits per heavy atom. The minimum absolute atomic E-state index is 0.158. The van der Waals surface area contributed by atoms with Crippen molar-refractivity contribution in [2.75, 3.05) is 23.7 Å². The first-order valence-electron chi connectivity index (χ1n) is 7.85. The zero-order valence-corrected chi connectivity index (χ0v) is 14.4. The lowest BCUT2D eigenvalue weighted by Gasteiger charge is -2.36. The summed E-state index contributed by atoms with van der Waals surface area (Å²) in [6.07, 6.45) is 4.84. The van der Waals surface area contributed by atoms with Gasteiger partial charge in [0.05, 0.1) is 11.9 Å². The Labute approximate surface area is 137 Å². The van der Waals surface area contributed by atoms with Crippen molar-refractivity contribution >= 4 is 21.6 Å². The highest BCUT2D eigenvalue weighted by molar-refractivity contribution is 7.92. The minimum Gasteiger partial charge on any atom is -0.338 e. The number of carbonyl (C=O) groups excluding carboxylic acids is 1. The second-order valence-corrected chi connectivity index (χ2v) is 7.80. The van der Waals surface area contributed by atoms with Crippen LogP contribution in [0.25, 0.3) is 0 Å². The summed E-state index contributed by atoms with van der Waals surface area (Å²) in [6, 6.07) is 5.45. The molecule has 128 valence electrons. The van der Waals surface area contributed by atoms with E-state index in [0.717, 1.165) is 42.3 Å². The number of benzene rings is 1. The van der Waals surface area contributed by atoms with Crippen LogP contribution in [0.15, 0.2) is 24.3 Å². The van der Waals surface area contributed by atoms with E-state index in [1.54, 1.807) is 4.90 Å². The van der Waals surface area contributed by atoms with Crippen LogP contribution in [-0.4, -0.2) is 44.6 Å². The van der Waals surface area contributed by atoms with Crippen LogP contribution in [0, 0.1) is 5.82 Å². The number of nitrogens with zero attached hydrogens (tertiary/aromatic N) is 2. The summed E-state index contributed by atoms with van der Waals surface area (Å²) >= 11 is 0. The summed E-state index contributed by atoms with van der Waals surface area (Å²) in [5.41, 5.74) is 0.172. The number of carbonyl (C=O) groups is 1. The van der Waals surface area contributed by atoms with Crippen LogP contribution < -0.4 is 4.31 Å². The van der Waals surface area contributed by atoms with E-state index >= 15 is 0 Å². The molecule has 1 aliphatic heterocycles. The molecular weight excluding hydrogens is 319 g/mol. The average Bonchev–Trinajstić information content (AvgIpc) is 2.51. The predicted octanol–water partition coefficient (Wildman–Crippen LogP) is 2.38. The van der Waals surface area contributed by atoms with Gasteiger partial charge in [-0.05, 0) is 43.9 Å². The van der Waals surface area contributed by atoms with Crippen molar-refractivity contribution in [2.45, 2.75) is 38.6 Å². The lowest BCUT2D eigenvalue weighted by molar-refractivity contribution is -0.133. The van der Waals surface area contributed by atoms with Gasteiger partial charge >= 0.3 is 0 Å². The summed E-state index contributed by atoms with van der Waals surface area (Å²) in [6.45, 7) is 2.38. The molecule has 0 bridgehead atoms. The molecule has 1 aromatic carbocycles. The molecule has 0 N–H and O–H groups in total. The lowest BCUT2D eigenvalue weighted by atomic mass is 10.00. The molecule has 5 nitrogen and oxygen atoms in total. The fraction of sp³-hybridized carbons (Fsp3) is 0.562. The number of sulfonamides is 1. The quantitative estimate of drug-likeness (QED) is 0.825. The molecule has 1 aliphatic rings. The van der Waals surface area contributed by atoms with Crippen LogP contribution >= 0.6 is 0 Å². The third kappa shape index (κ3) is 4.43. The molecule has 0 aromatic heterocycles. The number of piperidine rings is 1. The third-order valence-electron chi connectivity index (χ3n) is 4.19. The maximum absolute atomic E-state index is 13.4. The van der Waals surface area contributed by atoms with Gasteiger partial charge in [-0.2, -0.15) is 0 Å². The fourth-order valence-electron chi connectivity index (χ4n) is 3.00. The van der Waals surface area contributed by atoms with Crippen LogP contribution in [-0.2, 0) is 14.8 Å². The highest BCUT2D eigenvalue weighted by Crippen LogP contribution is 2.22. The third-order valence-corrected chi connectivity index (χ3v) is 5.33. The average molecular weight is 342 g/mol. The first kappa shape index (κ1) is 17.7. The van der Waals surface area contributed by atoms with Gasteiger partial charge in [0.1, 0.15) is 12.4 Å². The van der Waals surface area contributed by atoms with Gasteiger partial charge in [0.15, 0.2) is 0 Å².